The number of fused-ring (bicyclic) bond motifs is 1. The van der Waals surface area contributed by atoms with Crippen molar-refractivity contribution in [1.29, 1.82) is 0 Å². The normalized spacial score (nSPS) is 15.7. The van der Waals surface area contributed by atoms with Crippen LogP contribution in [0.1, 0.15) is 24.5 Å². The number of rotatable bonds is 6. The lowest BCUT2D eigenvalue weighted by molar-refractivity contribution is -0.117. The minimum atomic E-state index is 0.182. The molecule has 3 N–H and O–H groups in total. The average Bonchev–Trinajstić information content (AvgIpc) is 2.71. The lowest BCUT2D eigenvalue weighted by Crippen LogP contribution is -2.37. The zero-order valence-corrected chi connectivity index (χ0v) is 11.8. The monoisotopic (exact) mass is 261 g/mol. The minimum absolute atomic E-state index is 0.182. The lowest BCUT2D eigenvalue weighted by atomic mass is 10.1. The highest BCUT2D eigenvalue weighted by molar-refractivity contribution is 6.01. The first kappa shape index (κ1) is 14.0. The van der Waals surface area contributed by atoms with Gasteiger partial charge in [-0.1, -0.05) is 12.1 Å². The molecule has 0 spiro atoms. The van der Waals surface area contributed by atoms with Crippen LogP contribution >= 0.6 is 0 Å². The van der Waals surface area contributed by atoms with Crippen LogP contribution in [0.2, 0.25) is 0 Å². The number of hydrogen-bond donors (Lipinski definition) is 2. The summed E-state index contributed by atoms with van der Waals surface area (Å²) in [5.41, 5.74) is 9.11. The SMILES string of the molecule is CNCCc1ccc2c(c1)CC(=O)N2C(C)CCN. The van der Waals surface area contributed by atoms with Crippen molar-refractivity contribution >= 4 is 11.6 Å². The standard InChI is InChI=1S/C15H23N3O/c1-11(5-7-16)18-14-4-3-12(6-8-17-2)9-13(14)10-15(18)19/h3-4,9,11,17H,5-8,10,16H2,1-2H3. The third-order valence-corrected chi connectivity index (χ3v) is 3.70. The second-order valence-corrected chi connectivity index (χ2v) is 5.18. The van der Waals surface area contributed by atoms with Crippen molar-refractivity contribution < 1.29 is 4.79 Å². The van der Waals surface area contributed by atoms with E-state index in [-0.39, 0.29) is 11.9 Å². The van der Waals surface area contributed by atoms with E-state index in [2.05, 4.69) is 30.4 Å². The maximum absolute atomic E-state index is 12.1. The Morgan fingerprint density at radius 1 is 1.47 bits per heavy atom. The van der Waals surface area contributed by atoms with Gasteiger partial charge in [0.05, 0.1) is 6.42 Å². The first-order valence-electron chi connectivity index (χ1n) is 6.96. The van der Waals surface area contributed by atoms with Gasteiger partial charge in [0.15, 0.2) is 0 Å². The molecule has 1 unspecified atom stereocenters. The Hall–Kier alpha value is -1.39. The van der Waals surface area contributed by atoms with E-state index in [0.29, 0.717) is 13.0 Å². The third-order valence-electron chi connectivity index (χ3n) is 3.70. The molecule has 4 heteroatoms. The fourth-order valence-electron chi connectivity index (χ4n) is 2.68. The van der Waals surface area contributed by atoms with Gasteiger partial charge in [0.1, 0.15) is 0 Å². The number of nitrogens with zero attached hydrogens (tertiary/aromatic N) is 1. The molecule has 1 atom stereocenters. The number of likely N-dealkylation sites (N-methyl/N-ethyl adjacent to an activating group) is 1. The van der Waals surface area contributed by atoms with Crippen molar-refractivity contribution in [1.82, 2.24) is 5.32 Å². The highest BCUT2D eigenvalue weighted by Gasteiger charge is 2.30. The first-order valence-corrected chi connectivity index (χ1v) is 6.96. The molecular weight excluding hydrogens is 238 g/mol. The highest BCUT2D eigenvalue weighted by atomic mass is 16.2. The molecule has 0 aliphatic carbocycles. The summed E-state index contributed by atoms with van der Waals surface area (Å²) < 4.78 is 0. The number of nitrogens with two attached hydrogens (primary N) is 1. The van der Waals surface area contributed by atoms with Gasteiger partial charge in [0.25, 0.3) is 0 Å². The number of hydrogen-bond acceptors (Lipinski definition) is 3. The summed E-state index contributed by atoms with van der Waals surface area (Å²) in [5.74, 6) is 0.196. The Bertz CT molecular complexity index is 459. The number of benzene rings is 1. The molecular formula is C15H23N3O. The number of carbonyl (C=O) groups is 1. The van der Waals surface area contributed by atoms with Crippen molar-refractivity contribution in [3.8, 4) is 0 Å². The van der Waals surface area contributed by atoms with E-state index >= 15 is 0 Å². The van der Waals surface area contributed by atoms with Gasteiger partial charge in [-0.2, -0.15) is 0 Å². The van der Waals surface area contributed by atoms with E-state index in [1.165, 1.54) is 5.56 Å². The summed E-state index contributed by atoms with van der Waals surface area (Å²) >= 11 is 0. The number of nitrogens with one attached hydrogen (secondary N) is 1. The molecule has 0 bridgehead atoms. The molecule has 0 saturated heterocycles. The number of amides is 1. The second-order valence-electron chi connectivity index (χ2n) is 5.18. The molecule has 1 amide bonds. The molecule has 1 heterocycles. The van der Waals surface area contributed by atoms with E-state index in [9.17, 15) is 4.79 Å². The van der Waals surface area contributed by atoms with Crippen molar-refractivity contribution in [3.05, 3.63) is 29.3 Å². The Balaban J connectivity index is 2.20. The average molecular weight is 261 g/mol. The van der Waals surface area contributed by atoms with Crippen LogP contribution in [0.25, 0.3) is 0 Å². The van der Waals surface area contributed by atoms with Crippen LogP contribution in [0, 0.1) is 0 Å². The van der Waals surface area contributed by atoms with Crippen molar-refractivity contribution in [3.63, 3.8) is 0 Å². The predicted molar refractivity (Wildman–Crippen MR) is 78.4 cm³/mol. The zero-order valence-electron chi connectivity index (χ0n) is 11.8. The number of anilines is 1. The predicted octanol–water partition coefficient (Wildman–Crippen LogP) is 1.07. The van der Waals surface area contributed by atoms with E-state index in [1.54, 1.807) is 0 Å². The Labute approximate surface area is 115 Å². The Morgan fingerprint density at radius 2 is 2.26 bits per heavy atom. The maximum Gasteiger partial charge on any atom is 0.231 e. The first-order chi connectivity index (χ1) is 9.17. The molecule has 19 heavy (non-hydrogen) atoms. The second kappa shape index (κ2) is 6.17. The van der Waals surface area contributed by atoms with Gasteiger partial charge in [0, 0.05) is 11.7 Å². The fourth-order valence-corrected chi connectivity index (χ4v) is 2.68. The van der Waals surface area contributed by atoms with Crippen LogP contribution in [0.3, 0.4) is 0 Å². The van der Waals surface area contributed by atoms with Crippen molar-refractivity contribution in [2.45, 2.75) is 32.2 Å². The zero-order chi connectivity index (χ0) is 13.8. The van der Waals surface area contributed by atoms with Crippen molar-refractivity contribution in [2.24, 2.45) is 5.73 Å². The smallest absolute Gasteiger partial charge is 0.231 e. The van der Waals surface area contributed by atoms with Crippen LogP contribution in [-0.2, 0) is 17.6 Å². The van der Waals surface area contributed by atoms with Gasteiger partial charge >= 0.3 is 0 Å². The topological polar surface area (TPSA) is 58.4 Å². The summed E-state index contributed by atoms with van der Waals surface area (Å²) in [7, 11) is 1.95. The summed E-state index contributed by atoms with van der Waals surface area (Å²) in [6.07, 6.45) is 2.36. The minimum Gasteiger partial charge on any atom is -0.330 e. The summed E-state index contributed by atoms with van der Waals surface area (Å²) in [4.78, 5) is 14.1. The molecule has 1 aliphatic heterocycles. The van der Waals surface area contributed by atoms with Gasteiger partial charge in [-0.3, -0.25) is 4.79 Å². The fraction of sp³-hybridized carbons (Fsp3) is 0.533. The van der Waals surface area contributed by atoms with Crippen LogP contribution in [-0.4, -0.2) is 32.1 Å². The third kappa shape index (κ3) is 2.96. The molecule has 0 saturated carbocycles. The van der Waals surface area contributed by atoms with Crippen LogP contribution in [0.5, 0.6) is 0 Å². The molecule has 1 aromatic carbocycles. The van der Waals surface area contributed by atoms with Gasteiger partial charge < -0.3 is 16.0 Å². The quantitative estimate of drug-likeness (QED) is 0.805. The molecule has 1 aliphatic rings. The highest BCUT2D eigenvalue weighted by Crippen LogP contribution is 2.32. The Morgan fingerprint density at radius 3 is 2.95 bits per heavy atom. The molecule has 2 rings (SSSR count). The van der Waals surface area contributed by atoms with E-state index in [1.807, 2.05) is 11.9 Å². The summed E-state index contributed by atoms with van der Waals surface area (Å²) in [6.45, 7) is 3.63. The molecule has 0 fully saturated rings. The van der Waals surface area contributed by atoms with Gasteiger partial charge in [-0.05, 0) is 57.1 Å². The van der Waals surface area contributed by atoms with Crippen LogP contribution in [0.15, 0.2) is 18.2 Å². The largest absolute Gasteiger partial charge is 0.330 e. The van der Waals surface area contributed by atoms with Crippen molar-refractivity contribution in [2.75, 3.05) is 25.0 Å². The molecule has 104 valence electrons. The molecule has 1 aromatic rings. The molecule has 4 nitrogen and oxygen atoms in total. The van der Waals surface area contributed by atoms with Crippen LogP contribution < -0.4 is 16.0 Å². The van der Waals surface area contributed by atoms with E-state index in [4.69, 9.17) is 5.73 Å². The van der Waals surface area contributed by atoms with E-state index < -0.39 is 0 Å². The number of carbonyl (C=O) groups excluding carboxylic acids is 1. The van der Waals surface area contributed by atoms with Gasteiger partial charge in [-0.15, -0.1) is 0 Å². The molecule has 0 radical (unpaired) electrons. The van der Waals surface area contributed by atoms with Crippen LogP contribution in [0.4, 0.5) is 5.69 Å². The lowest BCUT2D eigenvalue weighted by Gasteiger charge is -2.25. The maximum atomic E-state index is 12.1. The van der Waals surface area contributed by atoms with Gasteiger partial charge in [-0.25, -0.2) is 0 Å². The van der Waals surface area contributed by atoms with E-state index in [0.717, 1.165) is 30.6 Å². The van der Waals surface area contributed by atoms with Gasteiger partial charge in [0.2, 0.25) is 5.91 Å². The Kier molecular flexibility index (Phi) is 4.56. The summed E-state index contributed by atoms with van der Waals surface area (Å²) in [6, 6.07) is 6.55. The molecule has 0 aromatic heterocycles. The summed E-state index contributed by atoms with van der Waals surface area (Å²) in [5, 5.41) is 3.15.